The van der Waals surface area contributed by atoms with Crippen molar-refractivity contribution in [3.63, 3.8) is 0 Å². The highest BCUT2D eigenvalue weighted by atomic mass is 14.2. The number of fused-ring (bicyclic) bond motifs is 4. The van der Waals surface area contributed by atoms with Crippen LogP contribution in [0.25, 0.3) is 98.7 Å². The van der Waals surface area contributed by atoms with Crippen LogP contribution in [0.4, 0.5) is 0 Å². The molecule has 0 heteroatoms. The molecule has 0 saturated heterocycles. The summed E-state index contributed by atoms with van der Waals surface area (Å²) in [6.45, 7) is 0. The molecule has 0 amide bonds. The second-order valence-corrected chi connectivity index (χ2v) is 13.6. The van der Waals surface area contributed by atoms with Crippen LogP contribution in [-0.2, 0) is 0 Å². The Morgan fingerprint density at radius 2 is 0.673 bits per heavy atom. The van der Waals surface area contributed by atoms with Gasteiger partial charge in [-0.25, -0.2) is 0 Å². The maximum Gasteiger partial charge on any atom is -0.00261 e. The highest BCUT2D eigenvalue weighted by molar-refractivity contribution is 6.21. The first-order valence-corrected chi connectivity index (χ1v) is 18.0. The van der Waals surface area contributed by atoms with Gasteiger partial charge >= 0.3 is 0 Å². The first-order chi connectivity index (χ1) is 25.8. The van der Waals surface area contributed by atoms with Gasteiger partial charge in [-0.2, -0.15) is 0 Å². The SMILES string of the molecule is c1ccc(-c2c3ccccc3c(-c3ccc(-c4ccc5ccccc5c4)c(-c4ccccc4-c4cccc5ccccc45)c3)c3ccccc23)cc1. The van der Waals surface area contributed by atoms with Crippen molar-refractivity contribution in [1.82, 2.24) is 0 Å². The lowest BCUT2D eigenvalue weighted by molar-refractivity contribution is 1.57. The zero-order valence-corrected chi connectivity index (χ0v) is 28.6. The molecule has 0 saturated carbocycles. The van der Waals surface area contributed by atoms with Crippen molar-refractivity contribution in [2.45, 2.75) is 0 Å². The molecule has 0 fully saturated rings. The van der Waals surface area contributed by atoms with Crippen LogP contribution in [-0.4, -0.2) is 0 Å². The fraction of sp³-hybridized carbons (Fsp3) is 0. The van der Waals surface area contributed by atoms with E-state index < -0.39 is 0 Å². The van der Waals surface area contributed by atoms with E-state index in [1.165, 1.54) is 98.7 Å². The van der Waals surface area contributed by atoms with Crippen LogP contribution in [0.1, 0.15) is 0 Å². The quantitative estimate of drug-likeness (QED) is 0.161. The molecule has 0 nitrogen and oxygen atoms in total. The second kappa shape index (κ2) is 12.5. The van der Waals surface area contributed by atoms with Crippen LogP contribution in [0.2, 0.25) is 0 Å². The van der Waals surface area contributed by atoms with Gasteiger partial charge in [0.15, 0.2) is 0 Å². The summed E-state index contributed by atoms with van der Waals surface area (Å²) < 4.78 is 0. The molecule has 10 aromatic carbocycles. The third-order valence-corrected chi connectivity index (χ3v) is 10.7. The van der Waals surface area contributed by atoms with E-state index in [1.54, 1.807) is 0 Å². The van der Waals surface area contributed by atoms with Crippen LogP contribution in [0.5, 0.6) is 0 Å². The first-order valence-electron chi connectivity index (χ1n) is 18.0. The molecule has 52 heavy (non-hydrogen) atoms. The second-order valence-electron chi connectivity index (χ2n) is 13.6. The van der Waals surface area contributed by atoms with Crippen molar-refractivity contribution in [3.05, 3.63) is 206 Å². The van der Waals surface area contributed by atoms with Gasteiger partial charge in [0.2, 0.25) is 0 Å². The smallest absolute Gasteiger partial charge is 0.00261 e. The Kier molecular flexibility index (Phi) is 7.25. The van der Waals surface area contributed by atoms with Crippen LogP contribution < -0.4 is 0 Å². The maximum atomic E-state index is 2.45. The van der Waals surface area contributed by atoms with Crippen molar-refractivity contribution in [1.29, 1.82) is 0 Å². The Bertz CT molecular complexity index is 2890. The van der Waals surface area contributed by atoms with Crippen molar-refractivity contribution in [2.75, 3.05) is 0 Å². The zero-order chi connectivity index (χ0) is 34.4. The van der Waals surface area contributed by atoms with Crippen molar-refractivity contribution < 1.29 is 0 Å². The highest BCUT2D eigenvalue weighted by Crippen LogP contribution is 2.47. The maximum absolute atomic E-state index is 2.45. The Morgan fingerprint density at radius 3 is 1.37 bits per heavy atom. The lowest BCUT2D eigenvalue weighted by Gasteiger charge is -2.20. The first kappa shape index (κ1) is 30.1. The van der Waals surface area contributed by atoms with E-state index >= 15 is 0 Å². The average molecular weight is 659 g/mol. The fourth-order valence-electron chi connectivity index (χ4n) is 8.30. The largest absolute Gasteiger partial charge is 0.0622 e. The van der Waals surface area contributed by atoms with Gasteiger partial charge in [0.1, 0.15) is 0 Å². The predicted octanol–water partition coefficient (Wildman–Crippen LogP) is 14.6. The van der Waals surface area contributed by atoms with Gasteiger partial charge in [-0.3, -0.25) is 0 Å². The van der Waals surface area contributed by atoms with Crippen LogP contribution in [0.15, 0.2) is 206 Å². The number of rotatable bonds is 5. The summed E-state index contributed by atoms with van der Waals surface area (Å²) in [4.78, 5) is 0. The molecule has 0 aliphatic rings. The molecule has 10 aromatic rings. The molecule has 0 spiro atoms. The van der Waals surface area contributed by atoms with Crippen LogP contribution in [0.3, 0.4) is 0 Å². The summed E-state index contributed by atoms with van der Waals surface area (Å²) in [7, 11) is 0. The van der Waals surface area contributed by atoms with E-state index in [0.29, 0.717) is 0 Å². The molecule has 0 aliphatic carbocycles. The minimum atomic E-state index is 1.21. The molecule has 242 valence electrons. The fourth-order valence-corrected chi connectivity index (χ4v) is 8.30. The Labute approximate surface area is 303 Å². The minimum absolute atomic E-state index is 1.21. The van der Waals surface area contributed by atoms with E-state index in [0.717, 1.165) is 0 Å². The minimum Gasteiger partial charge on any atom is -0.0622 e. The number of hydrogen-bond acceptors (Lipinski definition) is 0. The normalized spacial score (nSPS) is 11.5. The Morgan fingerprint density at radius 1 is 0.192 bits per heavy atom. The number of benzene rings is 10. The van der Waals surface area contributed by atoms with Gasteiger partial charge in [-0.05, 0) is 111 Å². The molecule has 0 radical (unpaired) electrons. The molecule has 0 atom stereocenters. The van der Waals surface area contributed by atoms with E-state index in [1.807, 2.05) is 0 Å². The summed E-state index contributed by atoms with van der Waals surface area (Å²) in [6.07, 6.45) is 0. The molecule has 0 heterocycles. The summed E-state index contributed by atoms with van der Waals surface area (Å²) >= 11 is 0. The zero-order valence-electron chi connectivity index (χ0n) is 28.6. The number of hydrogen-bond donors (Lipinski definition) is 0. The third-order valence-electron chi connectivity index (χ3n) is 10.7. The van der Waals surface area contributed by atoms with Gasteiger partial charge in [-0.1, -0.05) is 194 Å². The van der Waals surface area contributed by atoms with E-state index in [2.05, 4.69) is 206 Å². The molecule has 0 aromatic heterocycles. The van der Waals surface area contributed by atoms with Crippen LogP contribution >= 0.6 is 0 Å². The lowest BCUT2D eigenvalue weighted by atomic mass is 9.83. The molecule has 0 N–H and O–H groups in total. The molecular formula is C52H34. The molecule has 10 rings (SSSR count). The standard InChI is InChI=1S/C52H34/c1-2-17-37(18-3-1)51-46-24-10-12-26-48(46)52(49-27-13-11-25-47(49)51)40-31-32-42(39-30-29-35-15-4-5-19-38(35)33-39)50(34-40)45-23-9-8-22-44(45)43-28-14-20-36-16-6-7-21-41(36)43/h1-34H. The average Bonchev–Trinajstić information content (AvgIpc) is 3.22. The van der Waals surface area contributed by atoms with Gasteiger partial charge in [-0.15, -0.1) is 0 Å². The predicted molar refractivity (Wildman–Crippen MR) is 224 cm³/mol. The van der Waals surface area contributed by atoms with Gasteiger partial charge in [0.05, 0.1) is 0 Å². The Hall–Kier alpha value is -6.76. The third kappa shape index (κ3) is 5.00. The van der Waals surface area contributed by atoms with Gasteiger partial charge < -0.3 is 0 Å². The van der Waals surface area contributed by atoms with Gasteiger partial charge in [0, 0.05) is 0 Å². The monoisotopic (exact) mass is 658 g/mol. The van der Waals surface area contributed by atoms with Gasteiger partial charge in [0.25, 0.3) is 0 Å². The summed E-state index contributed by atoms with van der Waals surface area (Å²) in [5.74, 6) is 0. The van der Waals surface area contributed by atoms with E-state index in [4.69, 9.17) is 0 Å². The molecule has 0 bridgehead atoms. The van der Waals surface area contributed by atoms with Crippen LogP contribution in [0, 0.1) is 0 Å². The molecule has 0 aliphatic heterocycles. The molecular weight excluding hydrogens is 625 g/mol. The van der Waals surface area contributed by atoms with Crippen molar-refractivity contribution in [2.24, 2.45) is 0 Å². The molecule has 0 unspecified atom stereocenters. The topological polar surface area (TPSA) is 0 Å². The van der Waals surface area contributed by atoms with Crippen molar-refractivity contribution >= 4 is 43.1 Å². The Balaban J connectivity index is 1.29. The summed E-state index contributed by atoms with van der Waals surface area (Å²) in [5, 5.41) is 10.0. The lowest BCUT2D eigenvalue weighted by Crippen LogP contribution is -1.94. The summed E-state index contributed by atoms with van der Waals surface area (Å²) in [6, 6.07) is 75.6. The summed E-state index contributed by atoms with van der Waals surface area (Å²) in [5.41, 5.74) is 12.3. The van der Waals surface area contributed by atoms with E-state index in [9.17, 15) is 0 Å². The van der Waals surface area contributed by atoms with E-state index in [-0.39, 0.29) is 0 Å². The van der Waals surface area contributed by atoms with Crippen molar-refractivity contribution in [3.8, 4) is 55.6 Å². The highest BCUT2D eigenvalue weighted by Gasteiger charge is 2.20.